The Labute approximate surface area is 70.3 Å². The zero-order valence-electron chi connectivity index (χ0n) is 6.57. The Morgan fingerprint density at radius 3 is 2.50 bits per heavy atom. The van der Waals surface area contributed by atoms with Gasteiger partial charge < -0.3 is 10.2 Å². The van der Waals surface area contributed by atoms with E-state index >= 15 is 0 Å². The van der Waals surface area contributed by atoms with Crippen LogP contribution in [0.1, 0.15) is 12.0 Å². The van der Waals surface area contributed by atoms with E-state index in [1.165, 1.54) is 6.07 Å². The van der Waals surface area contributed by atoms with Gasteiger partial charge in [-0.05, 0) is 18.1 Å². The van der Waals surface area contributed by atoms with Crippen molar-refractivity contribution in [3.05, 3.63) is 35.6 Å². The Hall–Kier alpha value is -0.930. The molecular formula is C9H11FO2. The van der Waals surface area contributed by atoms with Crippen LogP contribution in [-0.2, 0) is 6.42 Å². The molecule has 0 aliphatic carbocycles. The summed E-state index contributed by atoms with van der Waals surface area (Å²) in [6.45, 7) is 0. The van der Waals surface area contributed by atoms with Gasteiger partial charge in [0.15, 0.2) is 6.29 Å². The van der Waals surface area contributed by atoms with Crippen LogP contribution in [0, 0.1) is 5.82 Å². The second-order valence-electron chi connectivity index (χ2n) is 2.61. The molecule has 0 radical (unpaired) electrons. The van der Waals surface area contributed by atoms with E-state index in [-0.39, 0.29) is 12.2 Å². The zero-order chi connectivity index (χ0) is 8.97. The first-order chi connectivity index (χ1) is 5.70. The zero-order valence-corrected chi connectivity index (χ0v) is 6.57. The number of rotatable bonds is 3. The highest BCUT2D eigenvalue weighted by molar-refractivity contribution is 5.17. The molecule has 1 aromatic carbocycles. The van der Waals surface area contributed by atoms with Gasteiger partial charge in [-0.2, -0.15) is 0 Å². The van der Waals surface area contributed by atoms with Crippen LogP contribution in [0.3, 0.4) is 0 Å². The number of aryl methyl sites for hydroxylation is 1. The molecule has 66 valence electrons. The second-order valence-corrected chi connectivity index (χ2v) is 2.61. The molecule has 0 aliphatic rings. The smallest absolute Gasteiger partial charge is 0.151 e. The molecule has 0 unspecified atom stereocenters. The minimum atomic E-state index is -1.36. The molecule has 12 heavy (non-hydrogen) atoms. The first-order valence-electron chi connectivity index (χ1n) is 3.79. The lowest BCUT2D eigenvalue weighted by Gasteiger charge is -2.03. The van der Waals surface area contributed by atoms with Gasteiger partial charge in [-0.1, -0.05) is 18.2 Å². The summed E-state index contributed by atoms with van der Waals surface area (Å²) < 4.78 is 12.9. The van der Waals surface area contributed by atoms with Crippen molar-refractivity contribution in [2.24, 2.45) is 0 Å². The summed E-state index contributed by atoms with van der Waals surface area (Å²) >= 11 is 0. The Morgan fingerprint density at radius 2 is 1.92 bits per heavy atom. The predicted octanol–water partition coefficient (Wildman–Crippen LogP) is 1.07. The number of hydrogen-bond acceptors (Lipinski definition) is 2. The molecule has 0 atom stereocenters. The highest BCUT2D eigenvalue weighted by Gasteiger charge is 2.02. The van der Waals surface area contributed by atoms with Gasteiger partial charge in [0.1, 0.15) is 5.82 Å². The lowest BCUT2D eigenvalue weighted by Crippen LogP contribution is -2.06. The Kier molecular flexibility index (Phi) is 3.19. The SMILES string of the molecule is OC(O)CCc1ccccc1F. The summed E-state index contributed by atoms with van der Waals surface area (Å²) in [7, 11) is 0. The maximum atomic E-state index is 12.9. The molecule has 0 amide bonds. The third-order valence-corrected chi connectivity index (χ3v) is 1.63. The van der Waals surface area contributed by atoms with Crippen LogP contribution in [0.5, 0.6) is 0 Å². The minimum absolute atomic E-state index is 0.168. The molecule has 0 saturated carbocycles. The fraction of sp³-hybridized carbons (Fsp3) is 0.333. The van der Waals surface area contributed by atoms with Crippen molar-refractivity contribution < 1.29 is 14.6 Å². The third-order valence-electron chi connectivity index (χ3n) is 1.63. The highest BCUT2D eigenvalue weighted by Crippen LogP contribution is 2.09. The fourth-order valence-electron chi connectivity index (χ4n) is 0.986. The fourth-order valence-corrected chi connectivity index (χ4v) is 0.986. The van der Waals surface area contributed by atoms with Gasteiger partial charge in [-0.3, -0.25) is 0 Å². The number of aliphatic hydroxyl groups is 2. The number of benzene rings is 1. The molecule has 1 rings (SSSR count). The van der Waals surface area contributed by atoms with Crippen LogP contribution >= 0.6 is 0 Å². The maximum absolute atomic E-state index is 12.9. The lowest BCUT2D eigenvalue weighted by molar-refractivity contribution is -0.0447. The number of aliphatic hydroxyl groups excluding tert-OH is 1. The summed E-state index contributed by atoms with van der Waals surface area (Å²) in [5.41, 5.74) is 0.519. The standard InChI is InChI=1S/C9H11FO2/c10-8-4-2-1-3-7(8)5-6-9(11)12/h1-4,9,11-12H,5-6H2. The van der Waals surface area contributed by atoms with Crippen molar-refractivity contribution in [2.75, 3.05) is 0 Å². The highest BCUT2D eigenvalue weighted by atomic mass is 19.1. The average Bonchev–Trinajstić information content (AvgIpc) is 2.03. The molecule has 0 fully saturated rings. The van der Waals surface area contributed by atoms with Crippen LogP contribution in [0.4, 0.5) is 4.39 Å². The van der Waals surface area contributed by atoms with Gasteiger partial charge in [-0.15, -0.1) is 0 Å². The average molecular weight is 170 g/mol. The molecule has 0 aromatic heterocycles. The first kappa shape index (κ1) is 9.16. The molecule has 0 aliphatic heterocycles. The first-order valence-corrected chi connectivity index (χ1v) is 3.79. The number of hydrogen-bond donors (Lipinski definition) is 2. The van der Waals surface area contributed by atoms with E-state index in [0.29, 0.717) is 12.0 Å². The van der Waals surface area contributed by atoms with Gasteiger partial charge in [0.25, 0.3) is 0 Å². The maximum Gasteiger partial charge on any atom is 0.151 e. The van der Waals surface area contributed by atoms with Crippen molar-refractivity contribution in [3.63, 3.8) is 0 Å². The van der Waals surface area contributed by atoms with Crippen molar-refractivity contribution in [3.8, 4) is 0 Å². The monoisotopic (exact) mass is 170 g/mol. The van der Waals surface area contributed by atoms with Gasteiger partial charge >= 0.3 is 0 Å². The molecule has 2 N–H and O–H groups in total. The Bertz CT molecular complexity index is 248. The van der Waals surface area contributed by atoms with E-state index in [1.54, 1.807) is 18.2 Å². The van der Waals surface area contributed by atoms with Crippen LogP contribution in [0.15, 0.2) is 24.3 Å². The topological polar surface area (TPSA) is 40.5 Å². The Balaban J connectivity index is 2.57. The number of halogens is 1. The molecule has 0 heterocycles. The largest absolute Gasteiger partial charge is 0.368 e. The van der Waals surface area contributed by atoms with E-state index in [2.05, 4.69) is 0 Å². The van der Waals surface area contributed by atoms with E-state index in [9.17, 15) is 4.39 Å². The lowest BCUT2D eigenvalue weighted by atomic mass is 10.1. The van der Waals surface area contributed by atoms with Gasteiger partial charge in [-0.25, -0.2) is 4.39 Å². The predicted molar refractivity (Wildman–Crippen MR) is 42.9 cm³/mol. The second kappa shape index (κ2) is 4.18. The molecule has 0 spiro atoms. The summed E-state index contributed by atoms with van der Waals surface area (Å²) in [5, 5.41) is 17.1. The summed E-state index contributed by atoms with van der Waals surface area (Å²) in [6, 6.07) is 6.33. The minimum Gasteiger partial charge on any atom is -0.368 e. The molecule has 0 saturated heterocycles. The van der Waals surface area contributed by atoms with Crippen LogP contribution in [-0.4, -0.2) is 16.5 Å². The molecule has 2 nitrogen and oxygen atoms in total. The van der Waals surface area contributed by atoms with Crippen molar-refractivity contribution in [1.29, 1.82) is 0 Å². The molecule has 3 heteroatoms. The Morgan fingerprint density at radius 1 is 1.25 bits per heavy atom. The van der Waals surface area contributed by atoms with Gasteiger partial charge in [0, 0.05) is 6.42 Å². The summed E-state index contributed by atoms with van der Waals surface area (Å²) in [5.74, 6) is -0.293. The molecule has 0 bridgehead atoms. The molecular weight excluding hydrogens is 159 g/mol. The van der Waals surface area contributed by atoms with Gasteiger partial charge in [0.2, 0.25) is 0 Å². The van der Waals surface area contributed by atoms with E-state index in [4.69, 9.17) is 10.2 Å². The van der Waals surface area contributed by atoms with E-state index in [0.717, 1.165) is 0 Å². The van der Waals surface area contributed by atoms with E-state index < -0.39 is 6.29 Å². The van der Waals surface area contributed by atoms with Crippen molar-refractivity contribution in [1.82, 2.24) is 0 Å². The normalized spacial score (nSPS) is 10.7. The summed E-state index contributed by atoms with van der Waals surface area (Å²) in [6.07, 6.45) is -0.838. The van der Waals surface area contributed by atoms with Crippen molar-refractivity contribution >= 4 is 0 Å². The van der Waals surface area contributed by atoms with Crippen LogP contribution in [0.25, 0.3) is 0 Å². The molecule has 1 aromatic rings. The quantitative estimate of drug-likeness (QED) is 0.666. The van der Waals surface area contributed by atoms with Crippen LogP contribution < -0.4 is 0 Å². The van der Waals surface area contributed by atoms with E-state index in [1.807, 2.05) is 0 Å². The van der Waals surface area contributed by atoms with Crippen molar-refractivity contribution in [2.45, 2.75) is 19.1 Å². The van der Waals surface area contributed by atoms with Gasteiger partial charge in [0.05, 0.1) is 0 Å². The third kappa shape index (κ3) is 2.60. The van der Waals surface area contributed by atoms with Crippen LogP contribution in [0.2, 0.25) is 0 Å². The summed E-state index contributed by atoms with van der Waals surface area (Å²) in [4.78, 5) is 0.